The van der Waals surface area contributed by atoms with Gasteiger partial charge in [0.2, 0.25) is 0 Å². The molecule has 0 bridgehead atoms. The normalized spacial score (nSPS) is 10.1. The van der Waals surface area contributed by atoms with Gasteiger partial charge in [-0.05, 0) is 12.1 Å². The van der Waals surface area contributed by atoms with E-state index in [1.807, 2.05) is 18.2 Å². The van der Waals surface area contributed by atoms with E-state index in [0.717, 1.165) is 22.7 Å². The second-order valence-electron chi connectivity index (χ2n) is 3.62. The molecule has 6 heteroatoms. The Labute approximate surface area is 110 Å². The zero-order valence-electron chi connectivity index (χ0n) is 9.84. The van der Waals surface area contributed by atoms with Crippen molar-refractivity contribution >= 4 is 22.9 Å². The molecule has 94 valence electrons. The van der Waals surface area contributed by atoms with E-state index in [0.29, 0.717) is 11.5 Å². The number of nitrogens with one attached hydrogen (secondary N) is 1. The minimum absolute atomic E-state index is 0.334. The van der Waals surface area contributed by atoms with Gasteiger partial charge in [0.05, 0.1) is 13.7 Å². The molecule has 0 aliphatic carbocycles. The van der Waals surface area contributed by atoms with E-state index < -0.39 is 0 Å². The molecule has 0 saturated carbocycles. The summed E-state index contributed by atoms with van der Waals surface area (Å²) in [6.07, 6.45) is 1.52. The van der Waals surface area contributed by atoms with Gasteiger partial charge in [-0.15, -0.1) is 0 Å². The van der Waals surface area contributed by atoms with Crippen molar-refractivity contribution in [3.05, 3.63) is 41.8 Å². The van der Waals surface area contributed by atoms with Crippen molar-refractivity contribution in [1.82, 2.24) is 5.16 Å². The van der Waals surface area contributed by atoms with Gasteiger partial charge in [-0.25, -0.2) is 0 Å². The maximum Gasteiger partial charge on any atom is 0.124 e. The van der Waals surface area contributed by atoms with Crippen LogP contribution in [0.15, 0.2) is 35.1 Å². The number of methoxy groups -OCH3 is 1. The summed E-state index contributed by atoms with van der Waals surface area (Å²) in [5, 5.41) is 7.02. The molecule has 0 radical (unpaired) electrons. The molecule has 0 unspecified atom stereocenters. The number of nitrogens with zero attached hydrogens (tertiary/aromatic N) is 1. The summed E-state index contributed by atoms with van der Waals surface area (Å²) in [6, 6.07) is 7.27. The summed E-state index contributed by atoms with van der Waals surface area (Å²) >= 11 is 5.01. The van der Waals surface area contributed by atoms with Crippen LogP contribution < -0.4 is 15.8 Å². The molecule has 2 rings (SSSR count). The lowest BCUT2D eigenvalue weighted by Crippen LogP contribution is -2.13. The highest BCUT2D eigenvalue weighted by Gasteiger charge is 2.07. The van der Waals surface area contributed by atoms with Crippen molar-refractivity contribution in [1.29, 1.82) is 0 Å². The number of hydrogen-bond donors (Lipinski definition) is 2. The van der Waals surface area contributed by atoms with Crippen molar-refractivity contribution in [2.24, 2.45) is 5.73 Å². The maximum atomic E-state index is 5.67. The van der Waals surface area contributed by atoms with Crippen molar-refractivity contribution < 1.29 is 9.26 Å². The van der Waals surface area contributed by atoms with Gasteiger partial charge in [0.15, 0.2) is 0 Å². The van der Waals surface area contributed by atoms with Gasteiger partial charge in [-0.1, -0.05) is 17.4 Å². The number of anilines is 1. The van der Waals surface area contributed by atoms with Crippen LogP contribution in [0.3, 0.4) is 0 Å². The summed E-state index contributed by atoms with van der Waals surface area (Å²) in [4.78, 5) is 0.334. The third kappa shape index (κ3) is 2.78. The lowest BCUT2D eigenvalue weighted by molar-refractivity contribution is 0.412. The predicted octanol–water partition coefficient (Wildman–Crippen LogP) is 1.93. The molecule has 0 aliphatic rings. The molecule has 1 heterocycles. The third-order valence-electron chi connectivity index (χ3n) is 2.44. The zero-order chi connectivity index (χ0) is 13.0. The Morgan fingerprint density at radius 2 is 2.33 bits per heavy atom. The van der Waals surface area contributed by atoms with Gasteiger partial charge in [-0.2, -0.15) is 0 Å². The van der Waals surface area contributed by atoms with Crippen molar-refractivity contribution in [2.45, 2.75) is 6.54 Å². The average Bonchev–Trinajstić information content (AvgIpc) is 2.88. The fourth-order valence-corrected chi connectivity index (χ4v) is 1.70. The molecule has 0 fully saturated rings. The highest BCUT2D eigenvalue weighted by molar-refractivity contribution is 7.80. The molecule has 0 spiro atoms. The van der Waals surface area contributed by atoms with E-state index in [2.05, 4.69) is 10.5 Å². The van der Waals surface area contributed by atoms with E-state index >= 15 is 0 Å². The largest absolute Gasteiger partial charge is 0.497 e. The molecule has 0 aliphatic heterocycles. The monoisotopic (exact) mass is 263 g/mol. The highest BCUT2D eigenvalue weighted by Crippen LogP contribution is 2.23. The molecule has 1 aromatic heterocycles. The Morgan fingerprint density at radius 3 is 2.94 bits per heavy atom. The fourth-order valence-electron chi connectivity index (χ4n) is 1.53. The van der Waals surface area contributed by atoms with Crippen LogP contribution in [0.25, 0.3) is 0 Å². The Morgan fingerprint density at radius 1 is 1.50 bits per heavy atom. The lowest BCUT2D eigenvalue weighted by Gasteiger charge is -2.11. The molecule has 18 heavy (non-hydrogen) atoms. The molecule has 2 aromatic rings. The van der Waals surface area contributed by atoms with E-state index in [-0.39, 0.29) is 0 Å². The molecule has 0 saturated heterocycles. The van der Waals surface area contributed by atoms with Crippen LogP contribution in [0.2, 0.25) is 0 Å². The SMILES string of the molecule is COc1ccc(C(N)=S)c(NCc2ccon2)c1. The van der Waals surface area contributed by atoms with E-state index in [4.69, 9.17) is 27.2 Å². The average molecular weight is 263 g/mol. The number of thiocarbonyl (C=S) groups is 1. The topological polar surface area (TPSA) is 73.3 Å². The highest BCUT2D eigenvalue weighted by atomic mass is 32.1. The first kappa shape index (κ1) is 12.4. The number of aromatic nitrogens is 1. The standard InChI is InChI=1S/C12H13N3O2S/c1-16-9-2-3-10(12(13)18)11(6-9)14-7-8-4-5-17-15-8/h2-6,14H,7H2,1H3,(H2,13,18). The zero-order valence-corrected chi connectivity index (χ0v) is 10.7. The molecular formula is C12H13N3O2S. The molecule has 5 nitrogen and oxygen atoms in total. The summed E-state index contributed by atoms with van der Waals surface area (Å²) < 4.78 is 9.93. The lowest BCUT2D eigenvalue weighted by atomic mass is 10.1. The minimum atomic E-state index is 0.334. The van der Waals surface area contributed by atoms with Crippen LogP contribution in [0.5, 0.6) is 5.75 Å². The van der Waals surface area contributed by atoms with Crippen molar-refractivity contribution in [3.63, 3.8) is 0 Å². The summed E-state index contributed by atoms with van der Waals surface area (Å²) in [7, 11) is 1.61. The van der Waals surface area contributed by atoms with Crippen molar-refractivity contribution in [3.8, 4) is 5.75 Å². The fraction of sp³-hybridized carbons (Fsp3) is 0.167. The van der Waals surface area contributed by atoms with Gasteiger partial charge >= 0.3 is 0 Å². The van der Waals surface area contributed by atoms with Crippen LogP contribution in [0, 0.1) is 0 Å². The number of benzene rings is 1. The number of ether oxygens (including phenoxy) is 1. The molecule has 0 amide bonds. The smallest absolute Gasteiger partial charge is 0.124 e. The summed E-state index contributed by atoms with van der Waals surface area (Å²) in [5.41, 5.74) is 8.05. The first-order valence-corrected chi connectivity index (χ1v) is 5.72. The van der Waals surface area contributed by atoms with Gasteiger partial charge in [0.1, 0.15) is 22.7 Å². The third-order valence-corrected chi connectivity index (χ3v) is 2.66. The van der Waals surface area contributed by atoms with Gasteiger partial charge in [0, 0.05) is 23.4 Å². The summed E-state index contributed by atoms with van der Waals surface area (Å²) in [6.45, 7) is 0.527. The Kier molecular flexibility index (Phi) is 3.78. The Balaban J connectivity index is 2.20. The predicted molar refractivity (Wildman–Crippen MR) is 72.7 cm³/mol. The van der Waals surface area contributed by atoms with Crippen LogP contribution in [-0.2, 0) is 6.54 Å². The van der Waals surface area contributed by atoms with Crippen molar-refractivity contribution in [2.75, 3.05) is 12.4 Å². The van der Waals surface area contributed by atoms with Crippen LogP contribution in [-0.4, -0.2) is 17.3 Å². The van der Waals surface area contributed by atoms with Crippen LogP contribution in [0.1, 0.15) is 11.3 Å². The Hall–Kier alpha value is -2.08. The quantitative estimate of drug-likeness (QED) is 0.803. The second-order valence-corrected chi connectivity index (χ2v) is 4.06. The first-order chi connectivity index (χ1) is 8.70. The molecule has 0 atom stereocenters. The second kappa shape index (κ2) is 5.50. The van der Waals surface area contributed by atoms with E-state index in [1.54, 1.807) is 13.2 Å². The van der Waals surface area contributed by atoms with E-state index in [1.165, 1.54) is 6.26 Å². The number of rotatable bonds is 5. The summed E-state index contributed by atoms with van der Waals surface area (Å²) in [5.74, 6) is 0.734. The minimum Gasteiger partial charge on any atom is -0.497 e. The molecular weight excluding hydrogens is 250 g/mol. The van der Waals surface area contributed by atoms with Gasteiger partial charge in [0.25, 0.3) is 0 Å². The molecule has 1 aromatic carbocycles. The molecule has 3 N–H and O–H groups in total. The van der Waals surface area contributed by atoms with Crippen LogP contribution >= 0.6 is 12.2 Å². The maximum absolute atomic E-state index is 5.67. The van der Waals surface area contributed by atoms with Crippen LogP contribution in [0.4, 0.5) is 5.69 Å². The van der Waals surface area contributed by atoms with E-state index in [9.17, 15) is 0 Å². The number of nitrogens with two attached hydrogens (primary N) is 1. The Bertz CT molecular complexity index is 540. The first-order valence-electron chi connectivity index (χ1n) is 5.31. The van der Waals surface area contributed by atoms with Gasteiger partial charge < -0.3 is 20.3 Å². The van der Waals surface area contributed by atoms with Gasteiger partial charge in [-0.3, -0.25) is 0 Å². The number of hydrogen-bond acceptors (Lipinski definition) is 5.